The van der Waals surface area contributed by atoms with Crippen LogP contribution in [-0.4, -0.2) is 22.4 Å². The van der Waals surface area contributed by atoms with Crippen LogP contribution >= 0.6 is 12.2 Å². The molecule has 0 bridgehead atoms. The molecule has 0 saturated heterocycles. The second-order valence-electron chi connectivity index (χ2n) is 5.31. The smallest absolute Gasteiger partial charge is 0.253 e. The standard InChI is InChI=1S/C15H17N3OS/c1-15(2,14(16)20)9-18-13(19)11-7-3-5-10-6-4-8-17-12(10)11/h3-8H,9H2,1-2H3,(H2,16,20)(H,18,19). The van der Waals surface area contributed by atoms with Crippen molar-refractivity contribution in [3.63, 3.8) is 0 Å². The van der Waals surface area contributed by atoms with E-state index in [-0.39, 0.29) is 5.91 Å². The third-order valence-electron chi connectivity index (χ3n) is 3.24. The zero-order valence-corrected chi connectivity index (χ0v) is 12.3. The third kappa shape index (κ3) is 2.93. The van der Waals surface area contributed by atoms with E-state index in [1.807, 2.05) is 38.1 Å². The van der Waals surface area contributed by atoms with Crippen LogP contribution in [0.2, 0.25) is 0 Å². The predicted molar refractivity (Wildman–Crippen MR) is 84.6 cm³/mol. The van der Waals surface area contributed by atoms with Gasteiger partial charge in [0, 0.05) is 23.5 Å². The van der Waals surface area contributed by atoms with Gasteiger partial charge in [0.25, 0.3) is 5.91 Å². The molecule has 0 fully saturated rings. The first kappa shape index (κ1) is 14.4. The Balaban J connectivity index is 2.22. The Hall–Kier alpha value is -2.01. The zero-order chi connectivity index (χ0) is 14.8. The molecule has 1 amide bonds. The Morgan fingerprint density at radius 3 is 2.75 bits per heavy atom. The Bertz CT molecular complexity index is 662. The molecule has 4 nitrogen and oxygen atoms in total. The van der Waals surface area contributed by atoms with E-state index >= 15 is 0 Å². The van der Waals surface area contributed by atoms with E-state index in [1.54, 1.807) is 12.3 Å². The third-order valence-corrected chi connectivity index (χ3v) is 3.79. The number of nitrogens with zero attached hydrogens (tertiary/aromatic N) is 1. The first-order valence-electron chi connectivity index (χ1n) is 6.34. The summed E-state index contributed by atoms with van der Waals surface area (Å²) in [7, 11) is 0. The van der Waals surface area contributed by atoms with E-state index in [4.69, 9.17) is 18.0 Å². The van der Waals surface area contributed by atoms with E-state index in [0.29, 0.717) is 22.6 Å². The van der Waals surface area contributed by atoms with Gasteiger partial charge in [-0.2, -0.15) is 0 Å². The molecule has 1 heterocycles. The summed E-state index contributed by atoms with van der Waals surface area (Å²) in [6.07, 6.45) is 1.68. The lowest BCUT2D eigenvalue weighted by Gasteiger charge is -2.23. The normalized spacial score (nSPS) is 11.3. The van der Waals surface area contributed by atoms with Crippen molar-refractivity contribution in [1.29, 1.82) is 0 Å². The number of fused-ring (bicyclic) bond motifs is 1. The highest BCUT2D eigenvalue weighted by molar-refractivity contribution is 7.80. The lowest BCUT2D eigenvalue weighted by molar-refractivity contribution is 0.0946. The number of nitrogens with one attached hydrogen (secondary N) is 1. The van der Waals surface area contributed by atoms with Gasteiger partial charge in [0.2, 0.25) is 0 Å². The van der Waals surface area contributed by atoms with Gasteiger partial charge in [-0.1, -0.05) is 44.3 Å². The van der Waals surface area contributed by atoms with Crippen LogP contribution in [0.5, 0.6) is 0 Å². The van der Waals surface area contributed by atoms with Crippen LogP contribution in [-0.2, 0) is 0 Å². The molecule has 1 aromatic heterocycles. The molecule has 20 heavy (non-hydrogen) atoms. The van der Waals surface area contributed by atoms with Crippen LogP contribution in [0.4, 0.5) is 0 Å². The minimum Gasteiger partial charge on any atom is -0.393 e. The number of nitrogens with two attached hydrogens (primary N) is 1. The molecule has 0 atom stereocenters. The van der Waals surface area contributed by atoms with Crippen molar-refractivity contribution in [3.05, 3.63) is 42.1 Å². The van der Waals surface area contributed by atoms with Crippen molar-refractivity contribution in [1.82, 2.24) is 10.3 Å². The van der Waals surface area contributed by atoms with Crippen LogP contribution in [0, 0.1) is 5.41 Å². The maximum atomic E-state index is 12.3. The van der Waals surface area contributed by atoms with Crippen molar-refractivity contribution in [2.24, 2.45) is 11.1 Å². The Kier molecular flexibility index (Phi) is 3.99. The maximum absolute atomic E-state index is 12.3. The van der Waals surface area contributed by atoms with Crippen LogP contribution in [0.1, 0.15) is 24.2 Å². The molecule has 0 saturated carbocycles. The number of carbonyl (C=O) groups excluding carboxylic acids is 1. The minimum atomic E-state index is -0.414. The van der Waals surface area contributed by atoms with Crippen molar-refractivity contribution < 1.29 is 4.79 Å². The number of amides is 1. The molecule has 0 radical (unpaired) electrons. The summed E-state index contributed by atoms with van der Waals surface area (Å²) < 4.78 is 0. The number of thiocarbonyl (C=S) groups is 1. The molecular formula is C15H17N3OS. The van der Waals surface area contributed by atoms with Crippen LogP contribution < -0.4 is 11.1 Å². The van der Waals surface area contributed by atoms with Crippen molar-refractivity contribution >= 4 is 34.0 Å². The number of rotatable bonds is 4. The SMILES string of the molecule is CC(C)(CNC(=O)c1cccc2cccnc12)C(N)=S. The quantitative estimate of drug-likeness (QED) is 0.847. The molecule has 2 aromatic rings. The fraction of sp³-hybridized carbons (Fsp3) is 0.267. The average molecular weight is 287 g/mol. The van der Waals surface area contributed by atoms with Crippen LogP contribution in [0.25, 0.3) is 10.9 Å². The lowest BCUT2D eigenvalue weighted by atomic mass is 9.93. The highest BCUT2D eigenvalue weighted by Gasteiger charge is 2.22. The first-order valence-corrected chi connectivity index (χ1v) is 6.74. The van der Waals surface area contributed by atoms with Crippen LogP contribution in [0.15, 0.2) is 36.5 Å². The Morgan fingerprint density at radius 1 is 1.35 bits per heavy atom. The van der Waals surface area contributed by atoms with Gasteiger partial charge >= 0.3 is 0 Å². The highest BCUT2D eigenvalue weighted by atomic mass is 32.1. The summed E-state index contributed by atoms with van der Waals surface area (Å²) in [6, 6.07) is 9.31. The molecule has 104 valence electrons. The largest absolute Gasteiger partial charge is 0.393 e. The monoisotopic (exact) mass is 287 g/mol. The summed E-state index contributed by atoms with van der Waals surface area (Å²) in [5.41, 5.74) is 6.49. The molecule has 1 aromatic carbocycles. The molecule has 0 aliphatic rings. The summed E-state index contributed by atoms with van der Waals surface area (Å²) >= 11 is 4.99. The van der Waals surface area contributed by atoms with Gasteiger partial charge in [0.15, 0.2) is 0 Å². The number of aromatic nitrogens is 1. The number of hydrogen-bond acceptors (Lipinski definition) is 3. The molecule has 3 N–H and O–H groups in total. The van der Waals surface area contributed by atoms with Gasteiger partial charge in [-0.15, -0.1) is 0 Å². The van der Waals surface area contributed by atoms with Gasteiger partial charge in [-0.3, -0.25) is 9.78 Å². The summed E-state index contributed by atoms with van der Waals surface area (Å²) in [5, 5.41) is 3.80. The van der Waals surface area contributed by atoms with Gasteiger partial charge in [-0.25, -0.2) is 0 Å². The lowest BCUT2D eigenvalue weighted by Crippen LogP contribution is -2.41. The highest BCUT2D eigenvalue weighted by Crippen LogP contribution is 2.17. The minimum absolute atomic E-state index is 0.168. The van der Waals surface area contributed by atoms with E-state index in [2.05, 4.69) is 10.3 Å². The summed E-state index contributed by atoms with van der Waals surface area (Å²) in [6.45, 7) is 4.19. The number of benzene rings is 1. The van der Waals surface area contributed by atoms with Crippen molar-refractivity contribution in [2.75, 3.05) is 6.54 Å². The van der Waals surface area contributed by atoms with Gasteiger partial charge in [0.1, 0.15) is 0 Å². The second-order valence-corrected chi connectivity index (χ2v) is 5.75. The summed E-state index contributed by atoms with van der Waals surface area (Å²) in [5.74, 6) is -0.168. The van der Waals surface area contributed by atoms with Gasteiger partial charge < -0.3 is 11.1 Å². The molecule has 0 spiro atoms. The fourth-order valence-corrected chi connectivity index (χ4v) is 1.84. The van der Waals surface area contributed by atoms with E-state index in [9.17, 15) is 4.79 Å². The number of hydrogen-bond donors (Lipinski definition) is 2. The molecule has 0 aliphatic heterocycles. The molecule has 0 unspecified atom stereocenters. The number of carbonyl (C=O) groups is 1. The Morgan fingerprint density at radius 2 is 2.05 bits per heavy atom. The average Bonchev–Trinajstić information content (AvgIpc) is 2.44. The predicted octanol–water partition coefficient (Wildman–Crippen LogP) is 2.28. The van der Waals surface area contributed by atoms with Gasteiger partial charge in [0.05, 0.1) is 16.1 Å². The van der Waals surface area contributed by atoms with E-state index in [0.717, 1.165) is 5.39 Å². The maximum Gasteiger partial charge on any atom is 0.253 e. The summed E-state index contributed by atoms with van der Waals surface area (Å²) in [4.78, 5) is 16.9. The molecule has 5 heteroatoms. The topological polar surface area (TPSA) is 68.0 Å². The van der Waals surface area contributed by atoms with Crippen LogP contribution in [0.3, 0.4) is 0 Å². The number of pyridine rings is 1. The zero-order valence-electron chi connectivity index (χ0n) is 11.5. The van der Waals surface area contributed by atoms with Crippen molar-refractivity contribution in [2.45, 2.75) is 13.8 Å². The Labute approximate surface area is 123 Å². The van der Waals surface area contributed by atoms with E-state index in [1.165, 1.54) is 0 Å². The fourth-order valence-electron chi connectivity index (χ4n) is 1.77. The van der Waals surface area contributed by atoms with Gasteiger partial charge in [-0.05, 0) is 12.1 Å². The molecule has 0 aliphatic carbocycles. The second kappa shape index (κ2) is 5.54. The first-order chi connectivity index (χ1) is 9.42. The van der Waals surface area contributed by atoms with Crippen molar-refractivity contribution in [3.8, 4) is 0 Å². The van der Waals surface area contributed by atoms with E-state index < -0.39 is 5.41 Å². The molecular weight excluding hydrogens is 270 g/mol. The molecule has 2 rings (SSSR count). The number of para-hydroxylation sites is 1.